The third kappa shape index (κ3) is 1.43. The zero-order chi connectivity index (χ0) is 12.8. The van der Waals surface area contributed by atoms with Gasteiger partial charge in [0.1, 0.15) is 11.0 Å². The van der Waals surface area contributed by atoms with Crippen LogP contribution in [0, 0.1) is 0 Å². The fraction of sp³-hybridized carbons (Fsp3) is 0.0769. The van der Waals surface area contributed by atoms with Gasteiger partial charge >= 0.3 is 5.95 Å². The highest BCUT2D eigenvalue weighted by atomic mass is 16.3. The molecule has 4 rings (SSSR count). The number of nitrogens with two attached hydrogens (primary N) is 1. The number of aromatic nitrogens is 2. The van der Waals surface area contributed by atoms with Crippen molar-refractivity contribution in [2.24, 2.45) is 10.7 Å². The summed E-state index contributed by atoms with van der Waals surface area (Å²) in [5, 5.41) is 3.03. The summed E-state index contributed by atoms with van der Waals surface area (Å²) in [6.45, 7) is 0. The van der Waals surface area contributed by atoms with Gasteiger partial charge in [-0.15, -0.1) is 0 Å². The maximum absolute atomic E-state index is 5.83. The molecule has 0 unspecified atom stereocenters. The molecule has 19 heavy (non-hydrogen) atoms. The number of rotatable bonds is 1. The summed E-state index contributed by atoms with van der Waals surface area (Å²) in [6, 6.07) is 11.8. The smallest absolute Gasteiger partial charge is 0.365 e. The monoisotopic (exact) mass is 254 g/mol. The normalized spacial score (nSPS) is 17.9. The standard InChI is InChI=1S/C13H11N5O/c14-12-16-11(10-6-3-7-19-10)18-9-5-2-1-4-8(9)15-13(18)17-12/h1-7,11H,(H3,14,15,16,17)/p+1/t11-/m0/s1. The molecule has 3 heterocycles. The van der Waals surface area contributed by atoms with E-state index in [1.165, 1.54) is 0 Å². The summed E-state index contributed by atoms with van der Waals surface area (Å²) in [7, 11) is 0. The highest BCUT2D eigenvalue weighted by molar-refractivity contribution is 5.92. The van der Waals surface area contributed by atoms with E-state index >= 15 is 0 Å². The molecule has 1 aliphatic rings. The number of guanidine groups is 1. The predicted octanol–water partition coefficient (Wildman–Crippen LogP) is 1.34. The zero-order valence-electron chi connectivity index (χ0n) is 10.00. The van der Waals surface area contributed by atoms with Crippen LogP contribution in [0.25, 0.3) is 11.0 Å². The summed E-state index contributed by atoms with van der Waals surface area (Å²) in [4.78, 5) is 7.71. The lowest BCUT2D eigenvalue weighted by molar-refractivity contribution is -0.676. The second-order valence-electron chi connectivity index (χ2n) is 4.39. The average Bonchev–Trinajstić information content (AvgIpc) is 3.04. The van der Waals surface area contributed by atoms with E-state index in [1.807, 2.05) is 41.0 Å². The Kier molecular flexibility index (Phi) is 1.94. The first kappa shape index (κ1) is 10.2. The van der Waals surface area contributed by atoms with Crippen LogP contribution in [-0.4, -0.2) is 10.9 Å². The average molecular weight is 254 g/mol. The minimum atomic E-state index is -0.289. The van der Waals surface area contributed by atoms with E-state index < -0.39 is 0 Å². The van der Waals surface area contributed by atoms with Crippen molar-refractivity contribution in [1.82, 2.24) is 4.98 Å². The van der Waals surface area contributed by atoms with Gasteiger partial charge in [0.2, 0.25) is 6.17 Å². The van der Waals surface area contributed by atoms with E-state index in [1.54, 1.807) is 6.26 Å². The van der Waals surface area contributed by atoms with Crippen LogP contribution in [-0.2, 0) is 0 Å². The number of nitrogens with one attached hydrogen (secondary N) is 2. The van der Waals surface area contributed by atoms with Crippen molar-refractivity contribution in [1.29, 1.82) is 0 Å². The highest BCUT2D eigenvalue weighted by Crippen LogP contribution is 2.23. The Bertz CT molecular complexity index is 772. The van der Waals surface area contributed by atoms with Gasteiger partial charge in [0, 0.05) is 0 Å². The van der Waals surface area contributed by atoms with E-state index in [4.69, 9.17) is 10.2 Å². The van der Waals surface area contributed by atoms with E-state index in [-0.39, 0.29) is 6.17 Å². The summed E-state index contributed by atoms with van der Waals surface area (Å²) in [5.41, 5.74) is 7.90. The molecule has 3 aromatic rings. The van der Waals surface area contributed by atoms with E-state index in [0.717, 1.165) is 22.7 Å². The Morgan fingerprint density at radius 2 is 2.11 bits per heavy atom. The third-order valence-electron chi connectivity index (χ3n) is 3.21. The molecule has 0 saturated heterocycles. The second-order valence-corrected chi connectivity index (χ2v) is 4.39. The van der Waals surface area contributed by atoms with Gasteiger partial charge in [-0.05, 0) is 24.3 Å². The van der Waals surface area contributed by atoms with Gasteiger partial charge in [-0.2, -0.15) is 9.56 Å². The first-order chi connectivity index (χ1) is 9.33. The van der Waals surface area contributed by atoms with Crippen molar-refractivity contribution < 1.29 is 8.98 Å². The number of aromatic amines is 1. The Balaban J connectivity index is 2.00. The molecule has 0 saturated carbocycles. The lowest BCUT2D eigenvalue weighted by atomic mass is 10.3. The van der Waals surface area contributed by atoms with Crippen molar-refractivity contribution in [2.75, 3.05) is 5.32 Å². The highest BCUT2D eigenvalue weighted by Gasteiger charge is 2.32. The molecule has 6 nitrogen and oxygen atoms in total. The molecular weight excluding hydrogens is 242 g/mol. The first-order valence-electron chi connectivity index (χ1n) is 5.99. The number of anilines is 1. The molecule has 1 aliphatic heterocycles. The summed E-state index contributed by atoms with van der Waals surface area (Å²) >= 11 is 0. The molecule has 2 aromatic heterocycles. The third-order valence-corrected chi connectivity index (χ3v) is 3.21. The largest absolute Gasteiger partial charge is 0.463 e. The number of nitrogens with zero attached hydrogens (tertiary/aromatic N) is 2. The Labute approximate surface area is 108 Å². The number of imidazole rings is 1. The van der Waals surface area contributed by atoms with Gasteiger partial charge in [-0.1, -0.05) is 12.1 Å². The van der Waals surface area contributed by atoms with Crippen molar-refractivity contribution in [3.63, 3.8) is 0 Å². The maximum atomic E-state index is 5.83. The quantitative estimate of drug-likeness (QED) is 0.573. The Hall–Kier alpha value is -2.76. The number of furan rings is 1. The number of hydrogen-bond donors (Lipinski definition) is 3. The van der Waals surface area contributed by atoms with Crippen molar-refractivity contribution in [3.8, 4) is 0 Å². The molecule has 0 aliphatic carbocycles. The van der Waals surface area contributed by atoms with Crippen molar-refractivity contribution in [3.05, 3.63) is 48.4 Å². The van der Waals surface area contributed by atoms with Crippen LogP contribution in [0.15, 0.2) is 52.1 Å². The fourth-order valence-corrected chi connectivity index (χ4v) is 2.42. The summed E-state index contributed by atoms with van der Waals surface area (Å²) < 4.78 is 7.50. The zero-order valence-corrected chi connectivity index (χ0v) is 10.00. The second kappa shape index (κ2) is 3.61. The van der Waals surface area contributed by atoms with Crippen LogP contribution in [0.5, 0.6) is 0 Å². The number of para-hydroxylation sites is 2. The molecule has 0 radical (unpaired) electrons. The number of aliphatic imine (C=N–C) groups is 1. The van der Waals surface area contributed by atoms with E-state index in [9.17, 15) is 0 Å². The SMILES string of the molecule is NC1=N[C@H](c2ccco2)[n+]2c([nH]c3ccccc32)N1. The van der Waals surface area contributed by atoms with Crippen LogP contribution in [0.4, 0.5) is 5.95 Å². The molecular formula is C13H12N5O+. The van der Waals surface area contributed by atoms with Crippen LogP contribution in [0.1, 0.15) is 11.9 Å². The van der Waals surface area contributed by atoms with Crippen molar-refractivity contribution >= 4 is 22.9 Å². The number of fused-ring (bicyclic) bond motifs is 3. The predicted molar refractivity (Wildman–Crippen MR) is 70.6 cm³/mol. The van der Waals surface area contributed by atoms with Crippen LogP contribution in [0.2, 0.25) is 0 Å². The number of benzene rings is 1. The maximum Gasteiger partial charge on any atom is 0.365 e. The molecule has 1 atom stereocenters. The molecule has 0 bridgehead atoms. The van der Waals surface area contributed by atoms with Gasteiger partial charge in [0.05, 0.1) is 6.26 Å². The first-order valence-corrected chi connectivity index (χ1v) is 5.99. The number of hydrogen-bond acceptors (Lipinski definition) is 4. The van der Waals surface area contributed by atoms with E-state index in [0.29, 0.717) is 5.96 Å². The van der Waals surface area contributed by atoms with E-state index in [2.05, 4.69) is 15.3 Å². The molecule has 0 fully saturated rings. The molecule has 4 N–H and O–H groups in total. The van der Waals surface area contributed by atoms with Gasteiger partial charge < -0.3 is 10.2 Å². The molecule has 0 spiro atoms. The molecule has 1 aromatic carbocycles. The van der Waals surface area contributed by atoms with Crippen LogP contribution >= 0.6 is 0 Å². The molecule has 94 valence electrons. The summed E-state index contributed by atoms with van der Waals surface area (Å²) in [6.07, 6.45) is 1.35. The minimum Gasteiger partial charge on any atom is -0.463 e. The fourth-order valence-electron chi connectivity index (χ4n) is 2.42. The molecule has 6 heteroatoms. The van der Waals surface area contributed by atoms with Gasteiger partial charge in [0.25, 0.3) is 5.96 Å². The number of H-pyrrole nitrogens is 1. The topological polar surface area (TPSA) is 83.2 Å². The Morgan fingerprint density at radius 1 is 1.21 bits per heavy atom. The lowest BCUT2D eigenvalue weighted by Gasteiger charge is -2.15. The van der Waals surface area contributed by atoms with Crippen LogP contribution in [0.3, 0.4) is 0 Å². The lowest BCUT2D eigenvalue weighted by Crippen LogP contribution is -2.47. The Morgan fingerprint density at radius 3 is 2.95 bits per heavy atom. The van der Waals surface area contributed by atoms with Crippen LogP contribution < -0.4 is 15.6 Å². The summed E-state index contributed by atoms with van der Waals surface area (Å²) in [5.74, 6) is 1.92. The van der Waals surface area contributed by atoms with Gasteiger partial charge in [-0.25, -0.2) is 10.3 Å². The van der Waals surface area contributed by atoms with Gasteiger partial charge in [-0.3, -0.25) is 0 Å². The minimum absolute atomic E-state index is 0.289. The van der Waals surface area contributed by atoms with Gasteiger partial charge in [0.15, 0.2) is 5.76 Å². The van der Waals surface area contributed by atoms with Crippen molar-refractivity contribution in [2.45, 2.75) is 6.17 Å². The molecule has 0 amide bonds.